The van der Waals surface area contributed by atoms with E-state index in [4.69, 9.17) is 0 Å². The van der Waals surface area contributed by atoms with Crippen LogP contribution in [0.5, 0.6) is 0 Å². The van der Waals surface area contributed by atoms with E-state index in [1.54, 1.807) is 0 Å². The summed E-state index contributed by atoms with van der Waals surface area (Å²) in [7, 11) is 3.41. The second-order valence-electron chi connectivity index (χ2n) is 2.53. The van der Waals surface area contributed by atoms with Gasteiger partial charge >= 0.3 is 0 Å². The molecular formula is C6H15N4O2-. The first-order chi connectivity index (χ1) is 5.72. The molecule has 6 heteroatoms. The lowest BCUT2D eigenvalue weighted by atomic mass is 10.3. The van der Waals surface area contributed by atoms with Crippen LogP contribution in [0.2, 0.25) is 0 Å². The first-order valence-corrected chi connectivity index (χ1v) is 3.88. The minimum Gasteiger partial charge on any atom is -0.737 e. The molecule has 0 aliphatic rings. The van der Waals surface area contributed by atoms with Crippen molar-refractivity contribution in [3.05, 3.63) is 10.4 Å². The Kier molecular flexibility index (Phi) is 6.08. The maximum absolute atomic E-state index is 10.5. The van der Waals surface area contributed by atoms with Crippen molar-refractivity contribution in [2.75, 3.05) is 27.2 Å². The molecule has 0 radical (unpaired) electrons. The average Bonchev–Trinajstić information content (AvgIpc) is 2.10. The van der Waals surface area contributed by atoms with Crippen LogP contribution < -0.4 is 5.32 Å². The Bertz CT molecular complexity index is 140. The van der Waals surface area contributed by atoms with Gasteiger partial charge < -0.3 is 15.7 Å². The van der Waals surface area contributed by atoms with Crippen molar-refractivity contribution in [2.24, 2.45) is 5.28 Å². The zero-order valence-corrected chi connectivity index (χ0v) is 7.49. The molecule has 0 bridgehead atoms. The smallest absolute Gasteiger partial charge is 0.0765 e. The van der Waals surface area contributed by atoms with E-state index in [1.165, 1.54) is 12.1 Å². The quantitative estimate of drug-likeness (QED) is 0.272. The Balaban J connectivity index is 3.37. The SMILES string of the molecule is CNCCCCN(C)/[N+]([O-])=N\[O-]. The summed E-state index contributed by atoms with van der Waals surface area (Å²) in [6.07, 6.45) is 1.85. The first kappa shape index (κ1) is 11.0. The molecule has 0 atom stereocenters. The molecular weight excluding hydrogens is 160 g/mol. The normalized spacial score (nSPS) is 11.7. The van der Waals surface area contributed by atoms with Crippen molar-refractivity contribution in [1.82, 2.24) is 10.3 Å². The summed E-state index contributed by atoms with van der Waals surface area (Å²) < 4.78 is 0. The maximum Gasteiger partial charge on any atom is 0.0765 e. The van der Waals surface area contributed by atoms with Crippen molar-refractivity contribution in [1.29, 1.82) is 0 Å². The van der Waals surface area contributed by atoms with E-state index < -0.39 is 0 Å². The topological polar surface area (TPSA) is 76.8 Å². The average molecular weight is 175 g/mol. The molecule has 0 fully saturated rings. The largest absolute Gasteiger partial charge is 0.737 e. The van der Waals surface area contributed by atoms with Crippen LogP contribution in [0, 0.1) is 10.4 Å². The lowest BCUT2D eigenvalue weighted by Gasteiger charge is -2.13. The third-order valence-corrected chi connectivity index (χ3v) is 1.52. The summed E-state index contributed by atoms with van der Waals surface area (Å²) in [5.74, 6) is 0. The summed E-state index contributed by atoms with van der Waals surface area (Å²) in [6.45, 7) is 1.47. The van der Waals surface area contributed by atoms with Gasteiger partial charge in [0.2, 0.25) is 0 Å². The van der Waals surface area contributed by atoms with Crippen LogP contribution in [0.4, 0.5) is 0 Å². The number of rotatable bonds is 6. The van der Waals surface area contributed by atoms with E-state index in [-0.39, 0.29) is 4.97 Å². The molecule has 0 spiro atoms. The minimum absolute atomic E-state index is 0.0549. The number of nitrogens with zero attached hydrogens (tertiary/aromatic N) is 3. The molecule has 72 valence electrons. The summed E-state index contributed by atoms with van der Waals surface area (Å²) in [4.78, 5) is 0.0549. The standard InChI is InChI=1S/C6H16N4O2/c1-7-5-3-4-6-9(2)10(12)8-11/h7,11H,3-6H2,1-2H3/p-1/b10-8+. The van der Waals surface area contributed by atoms with Crippen LogP contribution in [0.1, 0.15) is 12.8 Å². The molecule has 0 aliphatic heterocycles. The molecule has 6 nitrogen and oxygen atoms in total. The van der Waals surface area contributed by atoms with Gasteiger partial charge in [0, 0.05) is 4.97 Å². The van der Waals surface area contributed by atoms with Crippen molar-refractivity contribution in [2.45, 2.75) is 12.8 Å². The van der Waals surface area contributed by atoms with E-state index >= 15 is 0 Å². The summed E-state index contributed by atoms with van der Waals surface area (Å²) >= 11 is 0. The number of hydrogen-bond acceptors (Lipinski definition) is 4. The molecule has 0 amide bonds. The fourth-order valence-electron chi connectivity index (χ4n) is 0.790. The summed E-state index contributed by atoms with van der Waals surface area (Å²) in [5.41, 5.74) is 0. The van der Waals surface area contributed by atoms with Crippen LogP contribution in [0.3, 0.4) is 0 Å². The molecule has 0 rings (SSSR count). The molecule has 0 saturated heterocycles. The molecule has 0 saturated carbocycles. The van der Waals surface area contributed by atoms with Crippen molar-refractivity contribution < 1.29 is 4.97 Å². The van der Waals surface area contributed by atoms with E-state index in [0.717, 1.165) is 19.4 Å². The molecule has 12 heavy (non-hydrogen) atoms. The number of nitrogens with one attached hydrogen (secondary N) is 1. The fourth-order valence-corrected chi connectivity index (χ4v) is 0.790. The van der Waals surface area contributed by atoms with Crippen LogP contribution in [0.15, 0.2) is 5.28 Å². The zero-order valence-electron chi connectivity index (χ0n) is 7.49. The van der Waals surface area contributed by atoms with Gasteiger partial charge in [-0.15, -0.1) is 0 Å². The number of unbranched alkanes of at least 4 members (excludes halogenated alkanes) is 1. The third kappa shape index (κ3) is 4.73. The van der Waals surface area contributed by atoms with Gasteiger partial charge in [-0.05, 0) is 31.7 Å². The van der Waals surface area contributed by atoms with Gasteiger partial charge in [-0.3, -0.25) is 0 Å². The molecule has 0 unspecified atom stereocenters. The van der Waals surface area contributed by atoms with Gasteiger partial charge in [-0.2, -0.15) is 5.01 Å². The van der Waals surface area contributed by atoms with Crippen LogP contribution in [-0.4, -0.2) is 37.2 Å². The van der Waals surface area contributed by atoms with Crippen molar-refractivity contribution >= 4 is 0 Å². The second kappa shape index (κ2) is 6.66. The molecule has 0 aliphatic carbocycles. The van der Waals surface area contributed by atoms with Crippen LogP contribution in [0.25, 0.3) is 0 Å². The predicted molar refractivity (Wildman–Crippen MR) is 45.2 cm³/mol. The first-order valence-electron chi connectivity index (χ1n) is 3.88. The molecule has 1 N–H and O–H groups in total. The van der Waals surface area contributed by atoms with Crippen LogP contribution >= 0.6 is 0 Å². The highest BCUT2D eigenvalue weighted by molar-refractivity contribution is 4.44. The zero-order chi connectivity index (χ0) is 9.40. The Morgan fingerprint density at radius 2 is 2.17 bits per heavy atom. The molecule has 0 aromatic carbocycles. The van der Waals surface area contributed by atoms with E-state index in [2.05, 4.69) is 10.6 Å². The highest BCUT2D eigenvalue weighted by atomic mass is 16.6. The minimum atomic E-state index is 0.0549. The van der Waals surface area contributed by atoms with E-state index in [9.17, 15) is 10.4 Å². The maximum atomic E-state index is 10.5. The Labute approximate surface area is 72.0 Å². The fraction of sp³-hybridized carbons (Fsp3) is 1.00. The highest BCUT2D eigenvalue weighted by Crippen LogP contribution is 1.92. The van der Waals surface area contributed by atoms with E-state index in [1.807, 2.05) is 7.05 Å². The Hall–Kier alpha value is -1.04. The van der Waals surface area contributed by atoms with Gasteiger partial charge in [0.05, 0.1) is 13.6 Å². The lowest BCUT2D eigenvalue weighted by Crippen LogP contribution is -2.27. The number of hydrogen-bond donors (Lipinski definition) is 1. The van der Waals surface area contributed by atoms with Crippen LogP contribution in [-0.2, 0) is 0 Å². The van der Waals surface area contributed by atoms with Gasteiger partial charge in [0.1, 0.15) is 0 Å². The Morgan fingerprint density at radius 3 is 2.67 bits per heavy atom. The van der Waals surface area contributed by atoms with E-state index in [0.29, 0.717) is 6.54 Å². The third-order valence-electron chi connectivity index (χ3n) is 1.52. The molecule has 0 aromatic heterocycles. The van der Waals surface area contributed by atoms with Gasteiger partial charge in [0.25, 0.3) is 0 Å². The summed E-state index contributed by atoms with van der Waals surface area (Å²) in [6, 6.07) is 0. The van der Waals surface area contributed by atoms with Gasteiger partial charge in [0.15, 0.2) is 0 Å². The van der Waals surface area contributed by atoms with Crippen molar-refractivity contribution in [3.63, 3.8) is 0 Å². The summed E-state index contributed by atoms with van der Waals surface area (Å²) in [5, 5.41) is 26.7. The van der Waals surface area contributed by atoms with Gasteiger partial charge in [-0.25, -0.2) is 0 Å². The monoisotopic (exact) mass is 175 g/mol. The van der Waals surface area contributed by atoms with Gasteiger partial charge in [-0.1, -0.05) is 0 Å². The molecule has 0 heterocycles. The highest BCUT2D eigenvalue weighted by Gasteiger charge is 2.01. The predicted octanol–water partition coefficient (Wildman–Crippen LogP) is 0.293. The number of hydrazine groups is 1. The second-order valence-corrected chi connectivity index (χ2v) is 2.53. The molecule has 0 aromatic rings. The Morgan fingerprint density at radius 1 is 1.50 bits per heavy atom. The lowest BCUT2D eigenvalue weighted by molar-refractivity contribution is -0.684. The van der Waals surface area contributed by atoms with Crippen molar-refractivity contribution in [3.8, 4) is 0 Å².